The number of carbonyl (C=O) groups is 1. The van der Waals surface area contributed by atoms with Gasteiger partial charge >= 0.3 is 6.03 Å². The van der Waals surface area contributed by atoms with Crippen LogP contribution in [0, 0.1) is 0 Å². The molecule has 0 saturated heterocycles. The molecule has 0 atom stereocenters. The van der Waals surface area contributed by atoms with Gasteiger partial charge in [0.15, 0.2) is 11.5 Å². The zero-order valence-corrected chi connectivity index (χ0v) is 23.1. The van der Waals surface area contributed by atoms with Crippen molar-refractivity contribution in [2.24, 2.45) is 0 Å². The predicted octanol–water partition coefficient (Wildman–Crippen LogP) is 6.43. The van der Waals surface area contributed by atoms with Gasteiger partial charge in [-0.15, -0.1) is 0 Å². The summed E-state index contributed by atoms with van der Waals surface area (Å²) in [5, 5.41) is 6.60. The molecule has 0 spiro atoms. The van der Waals surface area contributed by atoms with Crippen molar-refractivity contribution in [1.29, 1.82) is 0 Å². The Morgan fingerprint density at radius 1 is 0.974 bits per heavy atom. The molecule has 0 bridgehead atoms. The normalized spacial score (nSPS) is 11.0. The van der Waals surface area contributed by atoms with Gasteiger partial charge in [0.25, 0.3) is 0 Å². The number of pyridine rings is 1. The number of fused-ring (bicyclic) bond motifs is 1. The van der Waals surface area contributed by atoms with Crippen LogP contribution in [-0.2, 0) is 9.47 Å². The van der Waals surface area contributed by atoms with E-state index in [2.05, 4.69) is 15.6 Å². The second-order valence-corrected chi connectivity index (χ2v) is 9.10. The Bertz CT molecular complexity index is 1190. The first-order valence-electron chi connectivity index (χ1n) is 12.7. The number of aromatic nitrogens is 1. The molecule has 0 unspecified atom stereocenters. The van der Waals surface area contributed by atoms with Crippen LogP contribution in [-0.4, -0.2) is 57.2 Å². The lowest BCUT2D eigenvalue weighted by atomic mass is 10.1. The number of ether oxygens (including phenoxy) is 5. The summed E-state index contributed by atoms with van der Waals surface area (Å²) in [6.45, 7) is 8.94. The van der Waals surface area contributed by atoms with Crippen LogP contribution < -0.4 is 24.8 Å². The third-order valence-corrected chi connectivity index (χ3v) is 5.61. The van der Waals surface area contributed by atoms with E-state index in [-0.39, 0.29) is 12.1 Å². The fraction of sp³-hybridized carbons (Fsp3) is 0.429. The van der Waals surface area contributed by atoms with Gasteiger partial charge in [-0.1, -0.05) is 11.6 Å². The zero-order valence-electron chi connectivity index (χ0n) is 22.3. The van der Waals surface area contributed by atoms with Crippen molar-refractivity contribution >= 4 is 34.2 Å². The topological polar surface area (TPSA) is 100 Å². The average Bonchev–Trinajstić information content (AvgIpc) is 2.88. The van der Waals surface area contributed by atoms with Gasteiger partial charge < -0.3 is 34.3 Å². The van der Waals surface area contributed by atoms with Gasteiger partial charge in [-0.05, 0) is 51.5 Å². The van der Waals surface area contributed by atoms with E-state index < -0.39 is 0 Å². The highest BCUT2D eigenvalue weighted by Gasteiger charge is 2.13. The molecule has 1 heterocycles. The minimum atomic E-state index is -0.328. The van der Waals surface area contributed by atoms with E-state index in [1.165, 1.54) is 0 Å². The molecule has 0 aliphatic rings. The van der Waals surface area contributed by atoms with Crippen LogP contribution in [0.4, 0.5) is 10.5 Å². The van der Waals surface area contributed by atoms with Crippen molar-refractivity contribution in [3.8, 4) is 23.0 Å². The first-order chi connectivity index (χ1) is 18.4. The molecule has 206 valence electrons. The highest BCUT2D eigenvalue weighted by molar-refractivity contribution is 6.33. The van der Waals surface area contributed by atoms with Crippen molar-refractivity contribution in [3.63, 3.8) is 0 Å². The number of anilines is 1. The number of rotatable bonds is 15. The van der Waals surface area contributed by atoms with Gasteiger partial charge in [-0.25, -0.2) is 4.79 Å². The number of methoxy groups -OCH3 is 1. The van der Waals surface area contributed by atoms with E-state index >= 15 is 0 Å². The lowest BCUT2D eigenvalue weighted by molar-refractivity contribution is 0.0817. The molecule has 1 aromatic heterocycles. The summed E-state index contributed by atoms with van der Waals surface area (Å²) in [7, 11) is 1.59. The Hall–Kier alpha value is -3.27. The van der Waals surface area contributed by atoms with Crippen LogP contribution in [0.5, 0.6) is 23.0 Å². The van der Waals surface area contributed by atoms with Crippen LogP contribution in [0.2, 0.25) is 5.02 Å². The summed E-state index contributed by atoms with van der Waals surface area (Å²) >= 11 is 6.39. The quantitative estimate of drug-likeness (QED) is 0.212. The Labute approximate surface area is 228 Å². The minimum Gasteiger partial charge on any atom is -0.493 e. The maximum absolute atomic E-state index is 12.0. The van der Waals surface area contributed by atoms with Crippen molar-refractivity contribution < 1.29 is 28.5 Å². The largest absolute Gasteiger partial charge is 0.493 e. The molecule has 2 aromatic carbocycles. The Balaban J connectivity index is 1.64. The molecule has 0 saturated carbocycles. The molecule has 9 nitrogen and oxygen atoms in total. The van der Waals surface area contributed by atoms with Crippen LogP contribution in [0.1, 0.15) is 33.6 Å². The molecular formula is C28H36ClN3O6. The number of halogens is 1. The van der Waals surface area contributed by atoms with Crippen LogP contribution in [0.15, 0.2) is 42.6 Å². The average molecular weight is 546 g/mol. The molecule has 3 rings (SSSR count). The van der Waals surface area contributed by atoms with E-state index in [1.54, 1.807) is 37.6 Å². The third kappa shape index (κ3) is 8.93. The smallest absolute Gasteiger partial charge is 0.319 e. The highest BCUT2D eigenvalue weighted by Crippen LogP contribution is 2.38. The Kier molecular flexibility index (Phi) is 11.7. The van der Waals surface area contributed by atoms with E-state index in [0.29, 0.717) is 65.7 Å². The van der Waals surface area contributed by atoms with E-state index in [1.807, 2.05) is 32.9 Å². The number of urea groups is 1. The number of nitrogens with one attached hydrogen (secondary N) is 2. The molecule has 0 fully saturated rings. The fourth-order valence-corrected chi connectivity index (χ4v) is 3.77. The van der Waals surface area contributed by atoms with E-state index in [9.17, 15) is 4.79 Å². The fourth-order valence-electron chi connectivity index (χ4n) is 3.55. The highest BCUT2D eigenvalue weighted by atomic mass is 35.5. The second-order valence-electron chi connectivity index (χ2n) is 8.69. The number of amides is 2. The van der Waals surface area contributed by atoms with Crippen LogP contribution in [0.3, 0.4) is 0 Å². The molecular weight excluding hydrogens is 510 g/mol. The molecule has 0 radical (unpaired) electrons. The zero-order chi connectivity index (χ0) is 27.3. The predicted molar refractivity (Wildman–Crippen MR) is 149 cm³/mol. The number of nitrogens with zero attached hydrogens (tertiary/aromatic N) is 1. The van der Waals surface area contributed by atoms with Crippen LogP contribution >= 0.6 is 11.6 Å². The Morgan fingerprint density at radius 3 is 2.45 bits per heavy atom. The van der Waals surface area contributed by atoms with Gasteiger partial charge in [0.2, 0.25) is 0 Å². The SMILES string of the molecule is CCOCCCOCCCOc1cc2nccc(Oc3ccc(NC(=O)NC(C)C)c(Cl)c3)c2cc1OC. The van der Waals surface area contributed by atoms with Gasteiger partial charge in [0, 0.05) is 62.6 Å². The third-order valence-electron chi connectivity index (χ3n) is 5.30. The van der Waals surface area contributed by atoms with Crippen molar-refractivity contribution in [2.45, 2.75) is 39.7 Å². The molecule has 2 amide bonds. The van der Waals surface area contributed by atoms with Crippen molar-refractivity contribution in [3.05, 3.63) is 47.6 Å². The lowest BCUT2D eigenvalue weighted by Crippen LogP contribution is -2.34. The number of hydrogen-bond donors (Lipinski definition) is 2. The maximum atomic E-state index is 12.0. The van der Waals surface area contributed by atoms with Gasteiger partial charge in [0.05, 0.1) is 29.9 Å². The molecule has 38 heavy (non-hydrogen) atoms. The number of carbonyl (C=O) groups excluding carboxylic acids is 1. The van der Waals surface area contributed by atoms with Crippen molar-refractivity contribution in [2.75, 3.05) is 45.5 Å². The number of benzene rings is 2. The summed E-state index contributed by atoms with van der Waals surface area (Å²) in [6.07, 6.45) is 3.29. The van der Waals surface area contributed by atoms with Crippen molar-refractivity contribution in [1.82, 2.24) is 10.3 Å². The summed E-state index contributed by atoms with van der Waals surface area (Å²) in [6, 6.07) is 10.2. The standard InChI is InChI=1S/C28H36ClN3O6/c1-5-35-12-6-13-36-14-7-15-37-27-18-24-21(17-26(27)34-4)25(10-11-30-24)38-20-8-9-23(22(29)16-20)32-28(33)31-19(2)3/h8-11,16-19H,5-7,12-15H2,1-4H3,(H2,31,32,33). The van der Waals surface area contributed by atoms with E-state index in [4.69, 9.17) is 35.3 Å². The van der Waals surface area contributed by atoms with E-state index in [0.717, 1.165) is 24.8 Å². The summed E-state index contributed by atoms with van der Waals surface area (Å²) in [5.41, 5.74) is 1.18. The summed E-state index contributed by atoms with van der Waals surface area (Å²) in [4.78, 5) is 16.5. The minimum absolute atomic E-state index is 0.00861. The Morgan fingerprint density at radius 2 is 1.74 bits per heavy atom. The summed E-state index contributed by atoms with van der Waals surface area (Å²) in [5.74, 6) is 2.26. The molecule has 0 aliphatic heterocycles. The lowest BCUT2D eigenvalue weighted by Gasteiger charge is -2.15. The second kappa shape index (κ2) is 15.2. The molecule has 3 aromatic rings. The monoisotopic (exact) mass is 545 g/mol. The number of hydrogen-bond acceptors (Lipinski definition) is 7. The molecule has 10 heteroatoms. The van der Waals surface area contributed by atoms with Gasteiger partial charge in [-0.2, -0.15) is 0 Å². The maximum Gasteiger partial charge on any atom is 0.319 e. The van der Waals surface area contributed by atoms with Gasteiger partial charge in [-0.3, -0.25) is 4.98 Å². The molecule has 2 N–H and O–H groups in total. The summed E-state index contributed by atoms with van der Waals surface area (Å²) < 4.78 is 28.6. The van der Waals surface area contributed by atoms with Gasteiger partial charge in [0.1, 0.15) is 11.5 Å². The first-order valence-corrected chi connectivity index (χ1v) is 13.1. The van der Waals surface area contributed by atoms with Crippen LogP contribution in [0.25, 0.3) is 10.9 Å². The first kappa shape index (κ1) is 29.3. The molecule has 0 aliphatic carbocycles.